The quantitative estimate of drug-likeness (QED) is 0.877. The van der Waals surface area contributed by atoms with E-state index in [2.05, 4.69) is 17.2 Å². The van der Waals surface area contributed by atoms with E-state index >= 15 is 0 Å². The smallest absolute Gasteiger partial charge is 0.341 e. The van der Waals surface area contributed by atoms with Crippen molar-refractivity contribution in [1.82, 2.24) is 4.98 Å². The standard InChI is InChI=1S/C17H18N2O3S/c1-10-5-6-12-13(8-10)23-16(14(12)17(21)22-2)19-15(20)11-4-3-7-18-9-11/h3-4,7,9-10H,5-6,8H2,1-2H3,(H,19,20). The zero-order valence-corrected chi connectivity index (χ0v) is 13.9. The summed E-state index contributed by atoms with van der Waals surface area (Å²) in [6, 6.07) is 3.40. The van der Waals surface area contributed by atoms with Crippen LogP contribution in [0, 0.1) is 5.92 Å². The van der Waals surface area contributed by atoms with Crippen LogP contribution in [0.4, 0.5) is 5.00 Å². The zero-order valence-electron chi connectivity index (χ0n) is 13.1. The second-order valence-corrected chi connectivity index (χ2v) is 6.85. The first-order valence-electron chi connectivity index (χ1n) is 7.54. The molecule has 2 aromatic heterocycles. The van der Waals surface area contributed by atoms with Gasteiger partial charge in [-0.05, 0) is 42.9 Å². The second kappa shape index (κ2) is 6.50. The average Bonchev–Trinajstić information content (AvgIpc) is 2.91. The van der Waals surface area contributed by atoms with Crippen LogP contribution in [-0.2, 0) is 17.6 Å². The molecule has 0 saturated heterocycles. The fourth-order valence-electron chi connectivity index (χ4n) is 2.83. The molecule has 1 unspecified atom stereocenters. The van der Waals surface area contributed by atoms with Gasteiger partial charge in [-0.2, -0.15) is 0 Å². The summed E-state index contributed by atoms with van der Waals surface area (Å²) in [7, 11) is 1.37. The van der Waals surface area contributed by atoms with Gasteiger partial charge >= 0.3 is 5.97 Å². The molecule has 3 rings (SSSR count). The Morgan fingerprint density at radius 3 is 2.96 bits per heavy atom. The molecule has 0 spiro atoms. The monoisotopic (exact) mass is 330 g/mol. The zero-order chi connectivity index (χ0) is 16.4. The Balaban J connectivity index is 1.95. The summed E-state index contributed by atoms with van der Waals surface area (Å²) in [5.74, 6) is -0.0676. The summed E-state index contributed by atoms with van der Waals surface area (Å²) in [6.45, 7) is 2.20. The van der Waals surface area contributed by atoms with Gasteiger partial charge in [-0.15, -0.1) is 11.3 Å². The topological polar surface area (TPSA) is 68.3 Å². The minimum atomic E-state index is -0.390. The van der Waals surface area contributed by atoms with Crippen LogP contribution in [0.15, 0.2) is 24.5 Å². The van der Waals surface area contributed by atoms with E-state index in [1.807, 2.05) is 0 Å². The summed E-state index contributed by atoms with van der Waals surface area (Å²) < 4.78 is 4.92. The summed E-state index contributed by atoms with van der Waals surface area (Å²) in [5, 5.41) is 3.43. The number of hydrogen-bond acceptors (Lipinski definition) is 5. The molecule has 0 aliphatic heterocycles. The summed E-state index contributed by atoms with van der Waals surface area (Å²) in [4.78, 5) is 29.7. The maximum Gasteiger partial charge on any atom is 0.341 e. The Kier molecular flexibility index (Phi) is 4.43. The number of methoxy groups -OCH3 is 1. The van der Waals surface area contributed by atoms with E-state index in [1.165, 1.54) is 29.5 Å². The van der Waals surface area contributed by atoms with Crippen molar-refractivity contribution in [1.29, 1.82) is 0 Å². The van der Waals surface area contributed by atoms with Crippen LogP contribution in [0.1, 0.15) is 44.5 Å². The lowest BCUT2D eigenvalue weighted by atomic mass is 9.88. The second-order valence-electron chi connectivity index (χ2n) is 5.74. The highest BCUT2D eigenvalue weighted by Gasteiger charge is 2.29. The number of fused-ring (bicyclic) bond motifs is 1. The molecule has 2 heterocycles. The first kappa shape index (κ1) is 15.7. The predicted octanol–water partition coefficient (Wildman–Crippen LogP) is 3.31. The highest BCUT2D eigenvalue weighted by Crippen LogP contribution is 2.40. The number of esters is 1. The minimum absolute atomic E-state index is 0.269. The van der Waals surface area contributed by atoms with Crippen LogP contribution >= 0.6 is 11.3 Å². The van der Waals surface area contributed by atoms with Gasteiger partial charge in [0.2, 0.25) is 0 Å². The van der Waals surface area contributed by atoms with Gasteiger partial charge in [-0.3, -0.25) is 9.78 Å². The van der Waals surface area contributed by atoms with Gasteiger partial charge in [0.25, 0.3) is 5.91 Å². The lowest BCUT2D eigenvalue weighted by molar-refractivity contribution is 0.0601. The molecule has 120 valence electrons. The molecule has 0 saturated carbocycles. The van der Waals surface area contributed by atoms with Crippen LogP contribution in [0.25, 0.3) is 0 Å². The first-order valence-corrected chi connectivity index (χ1v) is 8.36. The number of rotatable bonds is 3. The van der Waals surface area contributed by atoms with Gasteiger partial charge < -0.3 is 10.1 Å². The SMILES string of the molecule is COC(=O)c1c(NC(=O)c2cccnc2)sc2c1CCC(C)C2. The number of thiophene rings is 1. The Morgan fingerprint density at radius 2 is 2.26 bits per heavy atom. The van der Waals surface area contributed by atoms with E-state index in [0.29, 0.717) is 22.0 Å². The molecule has 1 aliphatic carbocycles. The fourth-order valence-corrected chi connectivity index (χ4v) is 4.22. The molecule has 6 heteroatoms. The third kappa shape index (κ3) is 3.12. The van der Waals surface area contributed by atoms with Crippen molar-refractivity contribution in [3.05, 3.63) is 46.1 Å². The molecule has 1 amide bonds. The number of pyridine rings is 1. The van der Waals surface area contributed by atoms with Gasteiger partial charge in [0.1, 0.15) is 5.00 Å². The van der Waals surface area contributed by atoms with E-state index in [0.717, 1.165) is 24.8 Å². The third-order valence-electron chi connectivity index (χ3n) is 4.05. The maximum absolute atomic E-state index is 12.4. The van der Waals surface area contributed by atoms with Gasteiger partial charge in [0, 0.05) is 17.3 Å². The van der Waals surface area contributed by atoms with Gasteiger partial charge in [0.15, 0.2) is 0 Å². The maximum atomic E-state index is 12.4. The molecule has 1 aliphatic rings. The molecule has 2 aromatic rings. The van der Waals surface area contributed by atoms with Crippen molar-refractivity contribution in [2.75, 3.05) is 12.4 Å². The van der Waals surface area contributed by atoms with Crippen LogP contribution < -0.4 is 5.32 Å². The molecule has 5 nitrogen and oxygen atoms in total. The van der Waals surface area contributed by atoms with Gasteiger partial charge in [0.05, 0.1) is 18.2 Å². The van der Waals surface area contributed by atoms with Crippen molar-refractivity contribution < 1.29 is 14.3 Å². The summed E-state index contributed by atoms with van der Waals surface area (Å²) in [5.41, 5.74) is 2.00. The lowest BCUT2D eigenvalue weighted by Crippen LogP contribution is -2.16. The van der Waals surface area contributed by atoms with Crippen LogP contribution in [-0.4, -0.2) is 24.0 Å². The largest absolute Gasteiger partial charge is 0.465 e. The number of carbonyl (C=O) groups is 2. The Labute approximate surface area is 138 Å². The highest BCUT2D eigenvalue weighted by atomic mass is 32.1. The van der Waals surface area contributed by atoms with E-state index in [9.17, 15) is 9.59 Å². The number of ether oxygens (including phenoxy) is 1. The van der Waals surface area contributed by atoms with Crippen molar-refractivity contribution >= 4 is 28.2 Å². The third-order valence-corrected chi connectivity index (χ3v) is 5.22. The molecule has 0 aromatic carbocycles. The number of amides is 1. The molecule has 0 radical (unpaired) electrons. The summed E-state index contributed by atoms with van der Waals surface area (Å²) >= 11 is 1.48. The van der Waals surface area contributed by atoms with Crippen molar-refractivity contribution in [3.63, 3.8) is 0 Å². The molecule has 23 heavy (non-hydrogen) atoms. The van der Waals surface area contributed by atoms with E-state index in [-0.39, 0.29) is 5.91 Å². The van der Waals surface area contributed by atoms with Crippen LogP contribution in [0.5, 0.6) is 0 Å². The number of aromatic nitrogens is 1. The van der Waals surface area contributed by atoms with Crippen molar-refractivity contribution in [2.45, 2.75) is 26.2 Å². The van der Waals surface area contributed by atoms with Crippen LogP contribution in [0.3, 0.4) is 0 Å². The van der Waals surface area contributed by atoms with E-state index in [4.69, 9.17) is 4.74 Å². The minimum Gasteiger partial charge on any atom is -0.465 e. The molecular formula is C17H18N2O3S. The fraction of sp³-hybridized carbons (Fsp3) is 0.353. The number of nitrogens with zero attached hydrogens (tertiary/aromatic N) is 1. The van der Waals surface area contributed by atoms with E-state index < -0.39 is 5.97 Å². The number of anilines is 1. The Hall–Kier alpha value is -2.21. The molecule has 0 fully saturated rings. The Morgan fingerprint density at radius 1 is 1.43 bits per heavy atom. The molecule has 1 N–H and O–H groups in total. The van der Waals surface area contributed by atoms with Gasteiger partial charge in [-0.1, -0.05) is 6.92 Å². The van der Waals surface area contributed by atoms with Crippen LogP contribution in [0.2, 0.25) is 0 Å². The van der Waals surface area contributed by atoms with Gasteiger partial charge in [-0.25, -0.2) is 4.79 Å². The van der Waals surface area contributed by atoms with Crippen molar-refractivity contribution in [3.8, 4) is 0 Å². The number of carbonyl (C=O) groups excluding carboxylic acids is 2. The average molecular weight is 330 g/mol. The molecule has 0 bridgehead atoms. The lowest BCUT2D eigenvalue weighted by Gasteiger charge is -2.18. The molecule has 1 atom stereocenters. The normalized spacial score (nSPS) is 16.5. The number of nitrogens with one attached hydrogen (secondary N) is 1. The predicted molar refractivity (Wildman–Crippen MR) is 89.0 cm³/mol. The van der Waals surface area contributed by atoms with E-state index in [1.54, 1.807) is 18.3 Å². The Bertz CT molecular complexity index is 740. The number of hydrogen-bond donors (Lipinski definition) is 1. The summed E-state index contributed by atoms with van der Waals surface area (Å²) in [6.07, 6.45) is 5.95. The first-order chi connectivity index (χ1) is 11.1. The molecular weight excluding hydrogens is 312 g/mol. The van der Waals surface area contributed by atoms with Crippen molar-refractivity contribution in [2.24, 2.45) is 5.92 Å². The highest BCUT2D eigenvalue weighted by molar-refractivity contribution is 7.17.